The lowest BCUT2D eigenvalue weighted by Crippen LogP contribution is -2.11. The molecule has 0 bridgehead atoms. The van der Waals surface area contributed by atoms with Crippen molar-refractivity contribution in [2.75, 3.05) is 21.3 Å². The molecule has 3 aromatic rings. The molecule has 2 heterocycles. The summed E-state index contributed by atoms with van der Waals surface area (Å²) in [6, 6.07) is 9.16. The van der Waals surface area contributed by atoms with Crippen LogP contribution in [0.4, 0.5) is 0 Å². The Morgan fingerprint density at radius 2 is 1.31 bits per heavy atom. The van der Waals surface area contributed by atoms with Crippen molar-refractivity contribution in [3.8, 4) is 0 Å². The van der Waals surface area contributed by atoms with Crippen molar-refractivity contribution in [3.05, 3.63) is 80.9 Å². The summed E-state index contributed by atoms with van der Waals surface area (Å²) < 4.78 is 19.9. The molecule has 0 aliphatic heterocycles. The normalized spacial score (nSPS) is 10.7. The lowest BCUT2D eigenvalue weighted by molar-refractivity contribution is -0.141. The number of esters is 4. The highest BCUT2D eigenvalue weighted by molar-refractivity contribution is 5.91. The molecule has 0 atom stereocenters. The summed E-state index contributed by atoms with van der Waals surface area (Å²) >= 11 is 0. The molecular weight excluding hydrogens is 548 g/mol. The van der Waals surface area contributed by atoms with Crippen LogP contribution in [0.15, 0.2) is 30.3 Å². The van der Waals surface area contributed by atoms with Crippen LogP contribution < -0.4 is 0 Å². The number of ether oxygens (including phenoxy) is 4. The Bertz CT molecular complexity index is 1450. The number of carbonyl (C=O) groups is 5. The minimum Gasteiger partial charge on any atom is -0.477 e. The standard InChI is InChI=1S/C30H34N2O10/c1-5-18-20(13-25(34)40-3)23(32-28(18)30(38)42-16-17-9-7-6-8-10-17)15-22-19(11-12-24(33)39-2)21(14-26(35)41-4)27(31-22)29(36)37/h6-10,31-32H,5,11-16H2,1-4H3,(H,36,37). The minimum absolute atomic E-state index is 0.0171. The van der Waals surface area contributed by atoms with E-state index in [1.807, 2.05) is 37.3 Å². The summed E-state index contributed by atoms with van der Waals surface area (Å²) in [6.45, 7) is 1.87. The number of H-pyrrole nitrogens is 2. The van der Waals surface area contributed by atoms with Crippen LogP contribution in [0.5, 0.6) is 0 Å². The van der Waals surface area contributed by atoms with E-state index in [1.165, 1.54) is 21.3 Å². The van der Waals surface area contributed by atoms with Gasteiger partial charge >= 0.3 is 29.8 Å². The summed E-state index contributed by atoms with van der Waals surface area (Å²) in [4.78, 5) is 67.8. The molecule has 3 rings (SSSR count). The van der Waals surface area contributed by atoms with Gasteiger partial charge in [-0.1, -0.05) is 37.3 Å². The molecule has 1 aromatic carbocycles. The second-order valence-corrected chi connectivity index (χ2v) is 9.35. The first-order valence-corrected chi connectivity index (χ1v) is 13.2. The summed E-state index contributed by atoms with van der Waals surface area (Å²) in [6.07, 6.45) is -0.113. The van der Waals surface area contributed by atoms with Gasteiger partial charge in [-0.25, -0.2) is 9.59 Å². The lowest BCUT2D eigenvalue weighted by Gasteiger charge is -2.09. The molecule has 0 aliphatic rings. The van der Waals surface area contributed by atoms with E-state index >= 15 is 0 Å². The van der Waals surface area contributed by atoms with E-state index < -0.39 is 29.8 Å². The maximum absolute atomic E-state index is 13.2. The number of hydrogen-bond acceptors (Lipinski definition) is 9. The van der Waals surface area contributed by atoms with Crippen LogP contribution >= 0.6 is 0 Å². The first-order valence-electron chi connectivity index (χ1n) is 13.2. The van der Waals surface area contributed by atoms with Crippen LogP contribution in [0.2, 0.25) is 0 Å². The van der Waals surface area contributed by atoms with Gasteiger partial charge in [-0.3, -0.25) is 14.4 Å². The number of carbonyl (C=O) groups excluding carboxylic acids is 4. The molecule has 0 saturated carbocycles. The molecule has 224 valence electrons. The van der Waals surface area contributed by atoms with E-state index in [0.717, 1.165) is 5.56 Å². The molecule has 12 nitrogen and oxygen atoms in total. The molecule has 0 aliphatic carbocycles. The molecular formula is C30H34N2O10. The Kier molecular flexibility index (Phi) is 11.1. The molecule has 0 radical (unpaired) electrons. The zero-order valence-electron chi connectivity index (χ0n) is 24.0. The number of hydrogen-bond donors (Lipinski definition) is 3. The van der Waals surface area contributed by atoms with Gasteiger partial charge < -0.3 is 34.0 Å². The molecule has 0 fully saturated rings. The van der Waals surface area contributed by atoms with Gasteiger partial charge in [-0.2, -0.15) is 0 Å². The summed E-state index contributed by atoms with van der Waals surface area (Å²) in [5.41, 5.74) is 3.24. The third-order valence-electron chi connectivity index (χ3n) is 6.85. The maximum Gasteiger partial charge on any atom is 0.355 e. The highest BCUT2D eigenvalue weighted by Crippen LogP contribution is 2.29. The Hall–Kier alpha value is -4.87. The van der Waals surface area contributed by atoms with Gasteiger partial charge in [-0.15, -0.1) is 0 Å². The third kappa shape index (κ3) is 7.65. The number of rotatable bonds is 14. The molecule has 2 aromatic heterocycles. The van der Waals surface area contributed by atoms with Crippen molar-refractivity contribution in [2.24, 2.45) is 0 Å². The number of aromatic nitrogens is 2. The average molecular weight is 583 g/mol. The van der Waals surface area contributed by atoms with Crippen molar-refractivity contribution >= 4 is 29.8 Å². The van der Waals surface area contributed by atoms with E-state index in [1.54, 1.807) is 0 Å². The lowest BCUT2D eigenvalue weighted by atomic mass is 9.96. The van der Waals surface area contributed by atoms with Crippen LogP contribution in [-0.4, -0.2) is 66.3 Å². The van der Waals surface area contributed by atoms with Gasteiger partial charge in [0, 0.05) is 24.2 Å². The van der Waals surface area contributed by atoms with Crippen molar-refractivity contribution in [2.45, 2.75) is 52.1 Å². The van der Waals surface area contributed by atoms with Gasteiger partial charge in [0.05, 0.1) is 34.2 Å². The average Bonchev–Trinajstić information content (AvgIpc) is 3.51. The van der Waals surface area contributed by atoms with E-state index in [9.17, 15) is 29.1 Å². The predicted octanol–water partition coefficient (Wildman–Crippen LogP) is 3.09. The highest BCUT2D eigenvalue weighted by atomic mass is 16.5. The van der Waals surface area contributed by atoms with Crippen LogP contribution in [0.3, 0.4) is 0 Å². The van der Waals surface area contributed by atoms with Gasteiger partial charge in [-0.05, 0) is 40.7 Å². The summed E-state index contributed by atoms with van der Waals surface area (Å²) in [5, 5.41) is 9.89. The second kappa shape index (κ2) is 14.7. The molecule has 42 heavy (non-hydrogen) atoms. The van der Waals surface area contributed by atoms with Crippen LogP contribution in [-0.2, 0) is 72.0 Å². The largest absolute Gasteiger partial charge is 0.477 e. The smallest absolute Gasteiger partial charge is 0.355 e. The number of nitrogens with one attached hydrogen (secondary N) is 2. The molecule has 0 amide bonds. The Morgan fingerprint density at radius 3 is 1.88 bits per heavy atom. The highest BCUT2D eigenvalue weighted by Gasteiger charge is 2.28. The summed E-state index contributed by atoms with van der Waals surface area (Å²) in [5.74, 6) is -3.65. The van der Waals surface area contributed by atoms with Crippen molar-refractivity contribution in [1.29, 1.82) is 0 Å². The Morgan fingerprint density at radius 1 is 0.738 bits per heavy atom. The topological polar surface area (TPSA) is 174 Å². The van der Waals surface area contributed by atoms with E-state index in [2.05, 4.69) is 9.97 Å². The van der Waals surface area contributed by atoms with Crippen molar-refractivity contribution < 1.29 is 48.0 Å². The summed E-state index contributed by atoms with van der Waals surface area (Å²) in [7, 11) is 3.68. The predicted molar refractivity (Wildman–Crippen MR) is 148 cm³/mol. The van der Waals surface area contributed by atoms with E-state index in [4.69, 9.17) is 18.9 Å². The van der Waals surface area contributed by atoms with Gasteiger partial charge in [0.2, 0.25) is 0 Å². The number of carboxylic acid groups (broad SMARTS) is 1. The third-order valence-corrected chi connectivity index (χ3v) is 6.85. The number of aromatic amines is 2. The van der Waals surface area contributed by atoms with Crippen LogP contribution in [0.1, 0.15) is 73.5 Å². The molecule has 0 unspecified atom stereocenters. The Labute approximate surface area is 242 Å². The van der Waals surface area contributed by atoms with Gasteiger partial charge in [0.15, 0.2) is 0 Å². The fourth-order valence-corrected chi connectivity index (χ4v) is 4.76. The van der Waals surface area contributed by atoms with Gasteiger partial charge in [0.1, 0.15) is 18.0 Å². The van der Waals surface area contributed by atoms with E-state index in [-0.39, 0.29) is 55.7 Å². The zero-order chi connectivity index (χ0) is 30.8. The van der Waals surface area contributed by atoms with E-state index in [0.29, 0.717) is 34.5 Å². The first kappa shape index (κ1) is 31.7. The number of methoxy groups -OCH3 is 3. The Balaban J connectivity index is 2.09. The first-order chi connectivity index (χ1) is 20.1. The van der Waals surface area contributed by atoms with Crippen molar-refractivity contribution in [1.82, 2.24) is 9.97 Å². The molecule has 0 spiro atoms. The molecule has 3 N–H and O–H groups in total. The molecule has 0 saturated heterocycles. The number of carboxylic acids is 1. The zero-order valence-corrected chi connectivity index (χ0v) is 24.0. The maximum atomic E-state index is 13.2. The fourth-order valence-electron chi connectivity index (χ4n) is 4.76. The van der Waals surface area contributed by atoms with Crippen molar-refractivity contribution in [3.63, 3.8) is 0 Å². The number of aromatic carboxylic acids is 1. The number of benzene rings is 1. The second-order valence-electron chi connectivity index (χ2n) is 9.35. The molecule has 12 heteroatoms. The fraction of sp³-hybridized carbons (Fsp3) is 0.367. The van der Waals surface area contributed by atoms with Crippen LogP contribution in [0.25, 0.3) is 0 Å². The quantitative estimate of drug-likeness (QED) is 0.189. The SMILES string of the molecule is CCc1c(C(=O)OCc2ccccc2)[nH]c(Cc2[nH]c(C(=O)O)c(CC(=O)OC)c2CCC(=O)OC)c1CC(=O)OC. The van der Waals surface area contributed by atoms with Gasteiger partial charge in [0.25, 0.3) is 0 Å². The minimum atomic E-state index is -1.31. The van der Waals surface area contributed by atoms with Crippen LogP contribution in [0, 0.1) is 0 Å². The monoisotopic (exact) mass is 582 g/mol.